The fourth-order valence-corrected chi connectivity index (χ4v) is 1.56. The van der Waals surface area contributed by atoms with Crippen molar-refractivity contribution in [1.82, 2.24) is 4.90 Å². The molecule has 1 aliphatic rings. The molecule has 0 aliphatic carbocycles. The summed E-state index contributed by atoms with van der Waals surface area (Å²) in [4.78, 5) is -3.79. The second-order valence-corrected chi connectivity index (χ2v) is 4.27. The van der Waals surface area contributed by atoms with E-state index in [2.05, 4.69) is 0 Å². The summed E-state index contributed by atoms with van der Waals surface area (Å²) in [6.07, 6.45) is -4.37. The van der Waals surface area contributed by atoms with Crippen LogP contribution in [0.3, 0.4) is 0 Å². The molecule has 0 N–H and O–H groups in total. The van der Waals surface area contributed by atoms with Gasteiger partial charge in [0, 0.05) is 0 Å². The Bertz CT molecular complexity index is 518. The van der Waals surface area contributed by atoms with Gasteiger partial charge in [-0.25, -0.2) is 4.90 Å². The lowest BCUT2D eigenvalue weighted by Crippen LogP contribution is -2.66. The van der Waals surface area contributed by atoms with Gasteiger partial charge >= 0.3 is 41.9 Å². The normalized spacial score (nSPS) is 28.9. The molecule has 1 fully saturated rings. The summed E-state index contributed by atoms with van der Waals surface area (Å²) in [5.41, 5.74) is 0. The Hall–Kier alpha value is -1.51. The van der Waals surface area contributed by atoms with Crippen molar-refractivity contribution < 1.29 is 65.9 Å². The molecule has 0 aromatic rings. The van der Waals surface area contributed by atoms with E-state index in [4.69, 9.17) is 0 Å². The van der Waals surface area contributed by atoms with Crippen LogP contribution in [0.5, 0.6) is 0 Å². The highest BCUT2D eigenvalue weighted by atomic mass is 19.4. The summed E-state index contributed by atoms with van der Waals surface area (Å²) in [5.74, 6) is -36.0. The minimum Gasteiger partial charge on any atom is -0.212 e. The lowest BCUT2D eigenvalue weighted by Gasteiger charge is -2.38. The quantitative estimate of drug-likeness (QED) is 0.443. The van der Waals surface area contributed by atoms with Crippen LogP contribution >= 0.6 is 0 Å². The zero-order valence-electron chi connectivity index (χ0n) is 10.1. The van der Waals surface area contributed by atoms with Gasteiger partial charge in [-0.15, -0.1) is 0 Å². The molecule has 16 heteroatoms. The van der Waals surface area contributed by atoms with Crippen LogP contribution in [-0.4, -0.2) is 40.7 Å². The average molecular weight is 395 g/mol. The fraction of sp³-hybridized carbons (Fsp3) is 0.750. The van der Waals surface area contributed by atoms with Gasteiger partial charge in [0.05, 0.1) is 0 Å². The number of hydrogen-bond donors (Lipinski definition) is 0. The maximum atomic E-state index is 13.1. The van der Waals surface area contributed by atoms with Crippen LogP contribution in [0.4, 0.5) is 65.9 Å². The van der Waals surface area contributed by atoms with Crippen molar-refractivity contribution in [3.8, 4) is 0 Å². The van der Waals surface area contributed by atoms with E-state index in [-0.39, 0.29) is 0 Å². The van der Waals surface area contributed by atoms with Crippen LogP contribution in [0.15, 0.2) is 12.0 Å². The van der Waals surface area contributed by atoms with Crippen molar-refractivity contribution in [3.05, 3.63) is 12.0 Å². The minimum atomic E-state index is -7.89. The standard InChI is InChI=1S/C8F15N/c9-1(10)2(11)24-7(20,21)5(16,17)3(12,13)4(14,15)6(18,19)8(24,22)23. The third-order valence-electron chi connectivity index (χ3n) is 2.85. The van der Waals surface area contributed by atoms with E-state index < -0.39 is 52.7 Å². The molecule has 1 aliphatic heterocycles. The third-order valence-corrected chi connectivity index (χ3v) is 2.85. The molecule has 1 nitrogen and oxygen atoms in total. The van der Waals surface area contributed by atoms with Gasteiger partial charge in [-0.05, 0) is 0 Å². The molecule has 1 heterocycles. The van der Waals surface area contributed by atoms with Gasteiger partial charge in [0.1, 0.15) is 0 Å². The smallest absolute Gasteiger partial charge is 0.212 e. The van der Waals surface area contributed by atoms with Crippen molar-refractivity contribution in [3.63, 3.8) is 0 Å². The van der Waals surface area contributed by atoms with Crippen molar-refractivity contribution in [2.45, 2.75) is 35.8 Å². The SMILES string of the molecule is FC(F)=C(F)N1C(F)(F)C(F)(F)C(F)(F)C(F)(F)C(F)(F)C1(F)F. The van der Waals surface area contributed by atoms with Crippen molar-refractivity contribution >= 4 is 0 Å². The van der Waals surface area contributed by atoms with E-state index in [1.165, 1.54) is 0 Å². The molecule has 0 atom stereocenters. The Morgan fingerprint density at radius 3 is 0.917 bits per heavy atom. The van der Waals surface area contributed by atoms with Gasteiger partial charge in [0.2, 0.25) is 0 Å². The van der Waals surface area contributed by atoms with Crippen LogP contribution in [-0.2, 0) is 0 Å². The molecule has 0 aromatic carbocycles. The highest BCUT2D eigenvalue weighted by Gasteiger charge is 2.97. The van der Waals surface area contributed by atoms with E-state index in [1.807, 2.05) is 0 Å². The van der Waals surface area contributed by atoms with Crippen LogP contribution in [0.2, 0.25) is 0 Å². The number of hydrogen-bond acceptors (Lipinski definition) is 1. The molecule has 1 saturated heterocycles. The summed E-state index contributed by atoms with van der Waals surface area (Å²) in [5, 5.41) is 0. The second kappa shape index (κ2) is 4.77. The topological polar surface area (TPSA) is 3.24 Å². The van der Waals surface area contributed by atoms with Gasteiger partial charge in [-0.1, -0.05) is 0 Å². The minimum absolute atomic E-state index is 3.79. The number of alkyl halides is 12. The zero-order valence-corrected chi connectivity index (χ0v) is 10.1. The molecule has 0 amide bonds. The first-order chi connectivity index (χ1) is 10.2. The van der Waals surface area contributed by atoms with E-state index in [1.54, 1.807) is 0 Å². The first kappa shape index (κ1) is 20.5. The summed E-state index contributed by atoms with van der Waals surface area (Å²) in [7, 11) is 0. The van der Waals surface area contributed by atoms with E-state index >= 15 is 0 Å². The highest BCUT2D eigenvalue weighted by Crippen LogP contribution is 2.66. The maximum Gasteiger partial charge on any atom is 0.401 e. The number of rotatable bonds is 1. The molecule has 24 heavy (non-hydrogen) atoms. The lowest BCUT2D eigenvalue weighted by molar-refractivity contribution is -0.397. The largest absolute Gasteiger partial charge is 0.401 e. The van der Waals surface area contributed by atoms with Crippen molar-refractivity contribution in [1.29, 1.82) is 0 Å². The maximum absolute atomic E-state index is 13.1. The average Bonchev–Trinajstić information content (AvgIpc) is 2.36. The summed E-state index contributed by atoms with van der Waals surface area (Å²) < 4.78 is 192. The summed E-state index contributed by atoms with van der Waals surface area (Å²) in [6, 6.07) is -15.2. The Labute approximate surface area is 120 Å². The van der Waals surface area contributed by atoms with Crippen LogP contribution in [0.1, 0.15) is 0 Å². The van der Waals surface area contributed by atoms with E-state index in [0.29, 0.717) is 0 Å². The number of halogens is 15. The van der Waals surface area contributed by atoms with Crippen LogP contribution < -0.4 is 0 Å². The first-order valence-electron chi connectivity index (χ1n) is 5.01. The lowest BCUT2D eigenvalue weighted by atomic mass is 9.99. The van der Waals surface area contributed by atoms with Gasteiger partial charge < -0.3 is 0 Å². The van der Waals surface area contributed by atoms with Crippen LogP contribution in [0.25, 0.3) is 0 Å². The number of nitrogens with zero attached hydrogens (tertiary/aromatic N) is 1. The van der Waals surface area contributed by atoms with Gasteiger partial charge in [0.15, 0.2) is 0 Å². The molecule has 1 rings (SSSR count). The Morgan fingerprint density at radius 1 is 0.458 bits per heavy atom. The molecule has 0 saturated carbocycles. The summed E-state index contributed by atoms with van der Waals surface area (Å²) in [6.45, 7) is 0. The third kappa shape index (κ3) is 1.93. The highest BCUT2D eigenvalue weighted by molar-refractivity contribution is 5.19. The molecular formula is C8F15N. The monoisotopic (exact) mass is 395 g/mol. The molecule has 0 spiro atoms. The van der Waals surface area contributed by atoms with Gasteiger partial charge in [-0.3, -0.25) is 0 Å². The molecular weight excluding hydrogens is 395 g/mol. The van der Waals surface area contributed by atoms with E-state index in [9.17, 15) is 65.9 Å². The van der Waals surface area contributed by atoms with E-state index in [0.717, 1.165) is 0 Å². The Kier molecular flexibility index (Phi) is 4.08. The Morgan fingerprint density at radius 2 is 0.708 bits per heavy atom. The fourth-order valence-electron chi connectivity index (χ4n) is 1.56. The predicted molar refractivity (Wildman–Crippen MR) is 41.9 cm³/mol. The first-order valence-corrected chi connectivity index (χ1v) is 5.01. The van der Waals surface area contributed by atoms with Crippen LogP contribution in [0, 0.1) is 0 Å². The molecule has 0 radical (unpaired) electrons. The predicted octanol–water partition coefficient (Wildman–Crippen LogP) is 5.06. The molecule has 0 bridgehead atoms. The van der Waals surface area contributed by atoms with Crippen molar-refractivity contribution in [2.75, 3.05) is 0 Å². The number of likely N-dealkylation sites (tertiary alicyclic amines) is 1. The van der Waals surface area contributed by atoms with Gasteiger partial charge in [-0.2, -0.15) is 65.9 Å². The molecule has 142 valence electrons. The second-order valence-electron chi connectivity index (χ2n) is 4.27. The molecule has 0 unspecified atom stereocenters. The van der Waals surface area contributed by atoms with Gasteiger partial charge in [0.25, 0.3) is 5.95 Å². The zero-order chi connectivity index (χ0) is 19.7. The summed E-state index contributed by atoms with van der Waals surface area (Å²) >= 11 is 0. The van der Waals surface area contributed by atoms with Crippen molar-refractivity contribution in [2.24, 2.45) is 0 Å². The molecule has 0 aromatic heterocycles. The Balaban J connectivity index is 4.06.